The number of aromatic hydroxyl groups is 1. The summed E-state index contributed by atoms with van der Waals surface area (Å²) < 4.78 is 4.82. The van der Waals surface area contributed by atoms with Gasteiger partial charge >= 0.3 is 5.97 Å². The van der Waals surface area contributed by atoms with Crippen LogP contribution in [0.1, 0.15) is 28.4 Å². The van der Waals surface area contributed by atoms with E-state index in [0.29, 0.717) is 6.29 Å². The highest BCUT2D eigenvalue weighted by Gasteiger charge is 2.23. The van der Waals surface area contributed by atoms with Crippen molar-refractivity contribution >= 4 is 12.3 Å². The van der Waals surface area contributed by atoms with Crippen molar-refractivity contribution < 1.29 is 34.8 Å². The van der Waals surface area contributed by atoms with Crippen LogP contribution in [0, 0.1) is 0 Å². The fourth-order valence-electron chi connectivity index (χ4n) is 1.58. The molecule has 2 unspecified atom stereocenters. The van der Waals surface area contributed by atoms with E-state index >= 15 is 0 Å². The number of hydrogen-bond acceptors (Lipinski definition) is 6. The number of phenolic OH excluding ortho intramolecular Hbond substituents is 1. The van der Waals surface area contributed by atoms with Crippen LogP contribution >= 0.6 is 0 Å². The minimum Gasteiger partial charge on any atom is -0.504 e. The number of carbonyl (C=O) groups is 2. The van der Waals surface area contributed by atoms with Crippen molar-refractivity contribution in [3.8, 4) is 11.5 Å². The van der Waals surface area contributed by atoms with Gasteiger partial charge in [0.05, 0.1) is 25.2 Å². The molecule has 0 saturated carbocycles. The van der Waals surface area contributed by atoms with Crippen LogP contribution in [0.2, 0.25) is 0 Å². The molecule has 0 aliphatic heterocycles. The Hall–Kier alpha value is -2.12. The molecule has 19 heavy (non-hydrogen) atoms. The lowest BCUT2D eigenvalue weighted by atomic mass is 9.99. The van der Waals surface area contributed by atoms with Gasteiger partial charge in [-0.05, 0) is 17.7 Å². The van der Waals surface area contributed by atoms with Gasteiger partial charge in [-0.15, -0.1) is 0 Å². The molecule has 0 spiro atoms. The molecule has 7 nitrogen and oxygen atoms in total. The second-order valence-corrected chi connectivity index (χ2v) is 3.89. The summed E-state index contributed by atoms with van der Waals surface area (Å²) in [7, 11) is 1.26. The summed E-state index contributed by atoms with van der Waals surface area (Å²) in [6.45, 7) is 0. The highest BCUT2D eigenvalue weighted by molar-refractivity contribution is 5.81. The summed E-state index contributed by atoms with van der Waals surface area (Å²) in [5.74, 6) is -1.71. The fourth-order valence-corrected chi connectivity index (χ4v) is 1.58. The lowest BCUT2D eigenvalue weighted by molar-refractivity contribution is -0.141. The van der Waals surface area contributed by atoms with E-state index < -0.39 is 24.6 Å². The molecule has 0 aliphatic carbocycles. The number of aliphatic hydroxyl groups is 2. The topological polar surface area (TPSA) is 124 Å². The largest absolute Gasteiger partial charge is 0.504 e. The van der Waals surface area contributed by atoms with Crippen LogP contribution in [-0.2, 0) is 4.79 Å². The number of carboxylic acids is 1. The number of phenols is 1. The first-order valence-corrected chi connectivity index (χ1v) is 5.34. The molecule has 1 aromatic carbocycles. The fraction of sp³-hybridized carbons (Fsp3) is 0.333. The van der Waals surface area contributed by atoms with Gasteiger partial charge < -0.3 is 25.2 Å². The number of methoxy groups -OCH3 is 1. The number of aliphatic hydroxyl groups excluding tert-OH is 2. The van der Waals surface area contributed by atoms with Crippen molar-refractivity contribution in [2.75, 3.05) is 7.11 Å². The first kappa shape index (κ1) is 14.9. The summed E-state index contributed by atoms with van der Waals surface area (Å²) in [5, 5.41) is 37.4. The second kappa shape index (κ2) is 6.17. The van der Waals surface area contributed by atoms with E-state index in [1.54, 1.807) is 0 Å². The van der Waals surface area contributed by atoms with Gasteiger partial charge in [-0.1, -0.05) is 0 Å². The van der Waals surface area contributed by atoms with Crippen LogP contribution in [0.25, 0.3) is 0 Å². The van der Waals surface area contributed by atoms with Crippen LogP contribution in [0.15, 0.2) is 12.1 Å². The molecule has 1 aromatic rings. The Morgan fingerprint density at radius 1 is 1.42 bits per heavy atom. The number of carbonyl (C=O) groups excluding carboxylic acids is 1. The number of hydrogen-bond donors (Lipinski definition) is 4. The lowest BCUT2D eigenvalue weighted by Gasteiger charge is -2.18. The van der Waals surface area contributed by atoms with Gasteiger partial charge in [0.15, 0.2) is 17.8 Å². The maximum atomic E-state index is 10.8. The Labute approximate surface area is 108 Å². The van der Waals surface area contributed by atoms with Crippen LogP contribution in [0.4, 0.5) is 0 Å². The molecule has 0 fully saturated rings. The zero-order chi connectivity index (χ0) is 14.6. The summed E-state index contributed by atoms with van der Waals surface area (Å²) in [6, 6.07) is 2.37. The summed E-state index contributed by atoms with van der Waals surface area (Å²) >= 11 is 0. The van der Waals surface area contributed by atoms with E-state index in [-0.39, 0.29) is 22.6 Å². The first-order valence-electron chi connectivity index (χ1n) is 5.34. The van der Waals surface area contributed by atoms with Gasteiger partial charge in [0.2, 0.25) is 0 Å². The van der Waals surface area contributed by atoms with Gasteiger partial charge in [0, 0.05) is 0 Å². The van der Waals surface area contributed by atoms with Crippen LogP contribution < -0.4 is 4.74 Å². The Morgan fingerprint density at radius 3 is 2.53 bits per heavy atom. The van der Waals surface area contributed by atoms with Gasteiger partial charge in [-0.25, -0.2) is 0 Å². The number of aliphatic carboxylic acids is 1. The standard InChI is InChI=1S/C12H14O7/c1-19-9-3-6(2-7(5-13)12(9)18)11(17)8(14)4-10(15)16/h2-3,5,8,11,14,17-18H,4H2,1H3,(H,15,16). The maximum absolute atomic E-state index is 10.8. The molecule has 1 rings (SSSR count). The van der Waals surface area contributed by atoms with Crippen molar-refractivity contribution in [1.82, 2.24) is 0 Å². The van der Waals surface area contributed by atoms with Crippen molar-refractivity contribution in [1.29, 1.82) is 0 Å². The Bertz CT molecular complexity index is 483. The van der Waals surface area contributed by atoms with E-state index in [0.717, 1.165) is 6.07 Å². The number of carboxylic acid groups (broad SMARTS) is 1. The second-order valence-electron chi connectivity index (χ2n) is 3.89. The smallest absolute Gasteiger partial charge is 0.306 e. The third-order valence-electron chi connectivity index (χ3n) is 2.56. The molecule has 2 atom stereocenters. The van der Waals surface area contributed by atoms with E-state index in [2.05, 4.69) is 0 Å². The monoisotopic (exact) mass is 270 g/mol. The molecule has 0 saturated heterocycles. The lowest BCUT2D eigenvalue weighted by Crippen LogP contribution is -2.22. The molecule has 0 heterocycles. The van der Waals surface area contributed by atoms with Crippen LogP contribution in [0.3, 0.4) is 0 Å². The molecule has 0 aromatic heterocycles. The van der Waals surface area contributed by atoms with E-state index in [1.807, 2.05) is 0 Å². The zero-order valence-electron chi connectivity index (χ0n) is 10.1. The van der Waals surface area contributed by atoms with Crippen molar-refractivity contribution in [2.45, 2.75) is 18.6 Å². The highest BCUT2D eigenvalue weighted by Crippen LogP contribution is 2.33. The van der Waals surface area contributed by atoms with Gasteiger partial charge in [-0.2, -0.15) is 0 Å². The predicted octanol–water partition coefficient (Wildman–Crippen LogP) is 0.0823. The first-order chi connectivity index (χ1) is 8.90. The summed E-state index contributed by atoms with van der Waals surface area (Å²) in [5.41, 5.74) is -0.0542. The number of ether oxygens (including phenoxy) is 1. The number of aldehydes is 1. The predicted molar refractivity (Wildman–Crippen MR) is 63.3 cm³/mol. The number of benzene rings is 1. The van der Waals surface area contributed by atoms with Crippen LogP contribution in [0.5, 0.6) is 11.5 Å². The average molecular weight is 270 g/mol. The SMILES string of the molecule is COc1cc(C(O)C(O)CC(=O)O)cc(C=O)c1O. The van der Waals surface area contributed by atoms with Crippen LogP contribution in [-0.4, -0.2) is 45.9 Å². The normalized spacial score (nSPS) is 13.6. The molecule has 0 bridgehead atoms. The molecule has 7 heteroatoms. The van der Waals surface area contributed by atoms with Crippen molar-refractivity contribution in [3.63, 3.8) is 0 Å². The molecule has 0 aliphatic rings. The molecule has 104 valence electrons. The number of rotatable bonds is 6. The van der Waals surface area contributed by atoms with Gasteiger partial charge in [-0.3, -0.25) is 9.59 Å². The third-order valence-corrected chi connectivity index (χ3v) is 2.56. The van der Waals surface area contributed by atoms with Crippen molar-refractivity contribution in [2.24, 2.45) is 0 Å². The Morgan fingerprint density at radius 2 is 2.05 bits per heavy atom. The molecule has 0 radical (unpaired) electrons. The zero-order valence-corrected chi connectivity index (χ0v) is 10.1. The quantitative estimate of drug-likeness (QED) is 0.539. The minimum absolute atomic E-state index is 0.0545. The summed E-state index contributed by atoms with van der Waals surface area (Å²) in [6.07, 6.45) is -3.34. The minimum atomic E-state index is -1.54. The molecular formula is C12H14O7. The van der Waals surface area contributed by atoms with E-state index in [9.17, 15) is 24.9 Å². The molecule has 4 N–H and O–H groups in total. The average Bonchev–Trinajstić information content (AvgIpc) is 2.37. The molecule has 0 amide bonds. The van der Waals surface area contributed by atoms with E-state index in [4.69, 9.17) is 9.84 Å². The third kappa shape index (κ3) is 3.43. The van der Waals surface area contributed by atoms with Gasteiger partial charge in [0.25, 0.3) is 0 Å². The van der Waals surface area contributed by atoms with Gasteiger partial charge in [0.1, 0.15) is 6.10 Å². The Kier molecular flexibility index (Phi) is 4.85. The molecular weight excluding hydrogens is 256 g/mol. The van der Waals surface area contributed by atoms with Crippen molar-refractivity contribution in [3.05, 3.63) is 23.3 Å². The Balaban J connectivity index is 3.12. The maximum Gasteiger partial charge on any atom is 0.306 e. The van der Waals surface area contributed by atoms with E-state index in [1.165, 1.54) is 13.2 Å². The highest BCUT2D eigenvalue weighted by atomic mass is 16.5. The summed E-state index contributed by atoms with van der Waals surface area (Å²) in [4.78, 5) is 21.2.